The van der Waals surface area contributed by atoms with E-state index < -0.39 is 0 Å². The number of hydrazone groups is 1. The zero-order valence-corrected chi connectivity index (χ0v) is 14.0. The summed E-state index contributed by atoms with van der Waals surface area (Å²) in [5.74, 6) is 0.566. The van der Waals surface area contributed by atoms with Gasteiger partial charge in [-0.3, -0.25) is 5.43 Å². The second kappa shape index (κ2) is 7.61. The molecule has 0 fully saturated rings. The first-order valence-electron chi connectivity index (χ1n) is 7.52. The van der Waals surface area contributed by atoms with Crippen LogP contribution in [0.25, 0.3) is 11.3 Å². The van der Waals surface area contributed by atoms with Crippen LogP contribution in [0, 0.1) is 0 Å². The first kappa shape index (κ1) is 16.0. The van der Waals surface area contributed by atoms with Crippen LogP contribution in [0.4, 0.5) is 5.13 Å². The van der Waals surface area contributed by atoms with Crippen molar-refractivity contribution < 1.29 is 9.84 Å². The summed E-state index contributed by atoms with van der Waals surface area (Å²) in [6.45, 7) is 2.36. The van der Waals surface area contributed by atoms with Crippen molar-refractivity contribution in [1.29, 1.82) is 0 Å². The van der Waals surface area contributed by atoms with Crippen LogP contribution in [-0.2, 0) is 0 Å². The van der Waals surface area contributed by atoms with Crippen molar-refractivity contribution in [1.82, 2.24) is 4.98 Å². The van der Waals surface area contributed by atoms with Crippen LogP contribution in [0.2, 0.25) is 0 Å². The minimum absolute atomic E-state index is 0.120. The fraction of sp³-hybridized carbons (Fsp3) is 0.111. The van der Waals surface area contributed by atoms with E-state index in [0.717, 1.165) is 16.8 Å². The van der Waals surface area contributed by atoms with E-state index in [9.17, 15) is 5.11 Å². The molecule has 0 bridgehead atoms. The number of aromatic hydroxyl groups is 1. The molecule has 0 saturated heterocycles. The lowest BCUT2D eigenvalue weighted by Gasteiger charge is -2.05. The number of nitrogens with one attached hydrogen (secondary N) is 1. The molecule has 0 saturated carbocycles. The Balaban J connectivity index is 1.67. The summed E-state index contributed by atoms with van der Waals surface area (Å²) in [5.41, 5.74) is 5.74. The van der Waals surface area contributed by atoms with Gasteiger partial charge in [-0.2, -0.15) is 5.10 Å². The molecule has 1 aromatic heterocycles. The number of phenolic OH excluding ortho intramolecular Hbond substituents is 1. The Kier molecular flexibility index (Phi) is 5.08. The van der Waals surface area contributed by atoms with E-state index in [2.05, 4.69) is 15.5 Å². The van der Waals surface area contributed by atoms with Gasteiger partial charge in [-0.1, -0.05) is 30.3 Å². The molecule has 5 nitrogen and oxygen atoms in total. The van der Waals surface area contributed by atoms with Gasteiger partial charge >= 0.3 is 0 Å². The van der Waals surface area contributed by atoms with Gasteiger partial charge in [0.15, 0.2) is 11.5 Å². The third-order valence-electron chi connectivity index (χ3n) is 3.23. The lowest BCUT2D eigenvalue weighted by Crippen LogP contribution is -1.94. The second-order valence-corrected chi connectivity index (χ2v) is 5.79. The Hall–Kier alpha value is -2.86. The van der Waals surface area contributed by atoms with Crippen molar-refractivity contribution in [2.24, 2.45) is 5.10 Å². The molecular weight excluding hydrogens is 322 g/mol. The molecule has 0 aliphatic rings. The van der Waals surface area contributed by atoms with Gasteiger partial charge in [0.25, 0.3) is 0 Å². The van der Waals surface area contributed by atoms with E-state index in [1.54, 1.807) is 24.4 Å². The topological polar surface area (TPSA) is 66.7 Å². The van der Waals surface area contributed by atoms with Gasteiger partial charge in [0, 0.05) is 10.9 Å². The standard InChI is InChI=1S/C18H17N3O2S/c1-2-23-17-10-13(8-9-16(17)22)11-19-21-18-20-15(12-24-18)14-6-4-3-5-7-14/h3-12,22H,2H2,1H3,(H,20,21)/b19-11-. The highest BCUT2D eigenvalue weighted by molar-refractivity contribution is 7.14. The van der Waals surface area contributed by atoms with Gasteiger partial charge in [-0.15, -0.1) is 11.3 Å². The minimum Gasteiger partial charge on any atom is -0.504 e. The molecule has 6 heteroatoms. The monoisotopic (exact) mass is 339 g/mol. The summed E-state index contributed by atoms with van der Waals surface area (Å²) in [5, 5.41) is 16.6. The van der Waals surface area contributed by atoms with Crippen LogP contribution in [0.1, 0.15) is 12.5 Å². The number of anilines is 1. The second-order valence-electron chi connectivity index (χ2n) is 4.93. The number of nitrogens with zero attached hydrogens (tertiary/aromatic N) is 2. The zero-order valence-electron chi connectivity index (χ0n) is 13.1. The Morgan fingerprint density at radius 2 is 2.08 bits per heavy atom. The lowest BCUT2D eigenvalue weighted by molar-refractivity contribution is 0.318. The molecule has 3 rings (SSSR count). The third-order valence-corrected chi connectivity index (χ3v) is 3.98. The molecule has 0 amide bonds. The van der Waals surface area contributed by atoms with Crippen molar-refractivity contribution in [3.05, 3.63) is 59.5 Å². The van der Waals surface area contributed by atoms with E-state index in [4.69, 9.17) is 4.74 Å². The van der Waals surface area contributed by atoms with Gasteiger partial charge in [-0.05, 0) is 30.7 Å². The van der Waals surface area contributed by atoms with Crippen molar-refractivity contribution in [2.75, 3.05) is 12.0 Å². The number of ether oxygens (including phenoxy) is 1. The maximum atomic E-state index is 9.69. The van der Waals surface area contributed by atoms with Gasteiger partial charge in [0.1, 0.15) is 0 Å². The van der Waals surface area contributed by atoms with Crippen LogP contribution in [0.15, 0.2) is 59.0 Å². The summed E-state index contributed by atoms with van der Waals surface area (Å²) < 4.78 is 5.35. The molecule has 2 aromatic carbocycles. The Labute approximate surface area is 144 Å². The number of rotatable bonds is 6. The Morgan fingerprint density at radius 1 is 1.25 bits per heavy atom. The predicted molar refractivity (Wildman–Crippen MR) is 98.0 cm³/mol. The number of hydrogen-bond acceptors (Lipinski definition) is 6. The van der Waals surface area contributed by atoms with Gasteiger partial charge in [0.05, 0.1) is 18.5 Å². The summed E-state index contributed by atoms with van der Waals surface area (Å²) in [4.78, 5) is 4.50. The highest BCUT2D eigenvalue weighted by atomic mass is 32.1. The average molecular weight is 339 g/mol. The van der Waals surface area contributed by atoms with Crippen LogP contribution >= 0.6 is 11.3 Å². The van der Waals surface area contributed by atoms with Crippen molar-refractivity contribution in [3.8, 4) is 22.8 Å². The molecule has 24 heavy (non-hydrogen) atoms. The van der Waals surface area contributed by atoms with Crippen molar-refractivity contribution in [2.45, 2.75) is 6.92 Å². The molecule has 0 aliphatic carbocycles. The summed E-state index contributed by atoms with van der Waals surface area (Å²) >= 11 is 1.49. The molecule has 0 atom stereocenters. The maximum Gasteiger partial charge on any atom is 0.203 e. The highest BCUT2D eigenvalue weighted by Crippen LogP contribution is 2.26. The molecule has 122 valence electrons. The fourth-order valence-electron chi connectivity index (χ4n) is 2.11. The van der Waals surface area contributed by atoms with E-state index in [-0.39, 0.29) is 5.75 Å². The van der Waals surface area contributed by atoms with Crippen LogP contribution in [0.5, 0.6) is 11.5 Å². The van der Waals surface area contributed by atoms with Gasteiger partial charge in [0.2, 0.25) is 5.13 Å². The average Bonchev–Trinajstić information content (AvgIpc) is 3.08. The van der Waals surface area contributed by atoms with Crippen LogP contribution in [-0.4, -0.2) is 22.9 Å². The van der Waals surface area contributed by atoms with Crippen LogP contribution in [0.3, 0.4) is 0 Å². The first-order valence-corrected chi connectivity index (χ1v) is 8.40. The number of thiazole rings is 1. The maximum absolute atomic E-state index is 9.69. The summed E-state index contributed by atoms with van der Waals surface area (Å²) in [6, 6.07) is 15.1. The zero-order chi connectivity index (χ0) is 16.8. The van der Waals surface area contributed by atoms with E-state index in [1.165, 1.54) is 11.3 Å². The van der Waals surface area contributed by atoms with Gasteiger partial charge in [-0.25, -0.2) is 4.98 Å². The third kappa shape index (κ3) is 3.91. The molecular formula is C18H17N3O2S. The Bertz CT molecular complexity index is 831. The van der Waals surface area contributed by atoms with E-state index >= 15 is 0 Å². The molecule has 2 N–H and O–H groups in total. The number of benzene rings is 2. The highest BCUT2D eigenvalue weighted by Gasteiger charge is 2.04. The van der Waals surface area contributed by atoms with Crippen molar-refractivity contribution in [3.63, 3.8) is 0 Å². The molecule has 0 unspecified atom stereocenters. The first-order chi connectivity index (χ1) is 11.8. The molecule has 1 heterocycles. The van der Waals surface area contributed by atoms with Gasteiger partial charge < -0.3 is 9.84 Å². The largest absolute Gasteiger partial charge is 0.504 e. The normalized spacial score (nSPS) is 10.9. The van der Waals surface area contributed by atoms with Crippen molar-refractivity contribution >= 4 is 22.7 Å². The summed E-state index contributed by atoms with van der Waals surface area (Å²) in [6.07, 6.45) is 1.66. The summed E-state index contributed by atoms with van der Waals surface area (Å²) in [7, 11) is 0. The molecule has 0 radical (unpaired) electrons. The lowest BCUT2D eigenvalue weighted by atomic mass is 10.2. The van der Waals surface area contributed by atoms with E-state index in [0.29, 0.717) is 17.5 Å². The van der Waals surface area contributed by atoms with E-state index in [1.807, 2.05) is 42.6 Å². The number of aromatic nitrogens is 1. The molecule has 0 aliphatic heterocycles. The molecule has 0 spiro atoms. The molecule has 3 aromatic rings. The Morgan fingerprint density at radius 3 is 2.88 bits per heavy atom. The minimum atomic E-state index is 0.120. The van der Waals surface area contributed by atoms with Crippen LogP contribution < -0.4 is 10.2 Å². The fourth-order valence-corrected chi connectivity index (χ4v) is 2.78. The quantitative estimate of drug-likeness (QED) is 0.517. The smallest absolute Gasteiger partial charge is 0.203 e. The number of phenols is 1. The SMILES string of the molecule is CCOc1cc(/C=N\Nc2nc(-c3ccccc3)cs2)ccc1O. The number of hydrogen-bond donors (Lipinski definition) is 2. The predicted octanol–water partition coefficient (Wildman–Crippen LogP) is 4.36.